The summed E-state index contributed by atoms with van der Waals surface area (Å²) >= 11 is 0. The molecular formula is C16H31N. The lowest BCUT2D eigenvalue weighted by atomic mass is 9.68. The van der Waals surface area contributed by atoms with Gasteiger partial charge in [0, 0.05) is 5.54 Å². The van der Waals surface area contributed by atoms with Crippen LogP contribution in [0.5, 0.6) is 0 Å². The monoisotopic (exact) mass is 237 g/mol. The van der Waals surface area contributed by atoms with Crippen molar-refractivity contribution in [3.63, 3.8) is 0 Å². The molecule has 1 saturated carbocycles. The van der Waals surface area contributed by atoms with E-state index in [1.165, 1.54) is 70.8 Å². The average molecular weight is 237 g/mol. The molecule has 1 aliphatic heterocycles. The lowest BCUT2D eigenvalue weighted by molar-refractivity contribution is 0.125. The molecule has 0 amide bonds. The number of hydrogen-bond acceptors (Lipinski definition) is 1. The summed E-state index contributed by atoms with van der Waals surface area (Å²) < 4.78 is 0. The minimum atomic E-state index is 0.519. The fourth-order valence-corrected chi connectivity index (χ4v) is 4.19. The molecular weight excluding hydrogens is 206 g/mol. The Morgan fingerprint density at radius 3 is 2.53 bits per heavy atom. The van der Waals surface area contributed by atoms with Gasteiger partial charge in [-0.15, -0.1) is 0 Å². The first-order valence-electron chi connectivity index (χ1n) is 8.02. The van der Waals surface area contributed by atoms with Crippen LogP contribution in [0.1, 0.15) is 78.1 Å². The van der Waals surface area contributed by atoms with E-state index in [9.17, 15) is 0 Å². The van der Waals surface area contributed by atoms with Crippen molar-refractivity contribution < 1.29 is 0 Å². The Balaban J connectivity index is 2.03. The molecule has 100 valence electrons. The van der Waals surface area contributed by atoms with Crippen molar-refractivity contribution >= 4 is 0 Å². The van der Waals surface area contributed by atoms with Crippen molar-refractivity contribution in [2.75, 3.05) is 6.54 Å². The summed E-state index contributed by atoms with van der Waals surface area (Å²) in [6.07, 6.45) is 14.4. The van der Waals surface area contributed by atoms with Gasteiger partial charge < -0.3 is 5.32 Å². The van der Waals surface area contributed by atoms with Crippen LogP contribution in [-0.2, 0) is 0 Å². The van der Waals surface area contributed by atoms with Crippen LogP contribution in [0.2, 0.25) is 0 Å². The summed E-state index contributed by atoms with van der Waals surface area (Å²) in [5, 5.41) is 3.98. The van der Waals surface area contributed by atoms with Gasteiger partial charge in [-0.1, -0.05) is 46.0 Å². The Hall–Kier alpha value is -0.0400. The van der Waals surface area contributed by atoms with Crippen LogP contribution in [0.4, 0.5) is 0 Å². The van der Waals surface area contributed by atoms with Gasteiger partial charge in [0.25, 0.3) is 0 Å². The maximum Gasteiger partial charge on any atom is 0.0209 e. The van der Waals surface area contributed by atoms with Gasteiger partial charge >= 0.3 is 0 Å². The van der Waals surface area contributed by atoms with Gasteiger partial charge in [-0.05, 0) is 50.5 Å². The Labute approximate surface area is 108 Å². The third-order valence-corrected chi connectivity index (χ3v) is 5.27. The number of rotatable bonds is 3. The molecule has 0 aromatic carbocycles. The largest absolute Gasteiger partial charge is 0.311 e. The van der Waals surface area contributed by atoms with Crippen LogP contribution in [0.3, 0.4) is 0 Å². The Morgan fingerprint density at radius 1 is 1.06 bits per heavy atom. The molecule has 1 heterocycles. The molecule has 1 saturated heterocycles. The summed E-state index contributed by atoms with van der Waals surface area (Å²) in [6.45, 7) is 6.06. The van der Waals surface area contributed by atoms with E-state index < -0.39 is 0 Å². The van der Waals surface area contributed by atoms with Crippen molar-refractivity contribution in [3.05, 3.63) is 0 Å². The van der Waals surface area contributed by atoms with Gasteiger partial charge in [0.1, 0.15) is 0 Å². The van der Waals surface area contributed by atoms with Crippen LogP contribution in [0, 0.1) is 11.8 Å². The molecule has 2 aliphatic rings. The zero-order valence-corrected chi connectivity index (χ0v) is 11.9. The maximum atomic E-state index is 3.98. The molecule has 0 spiro atoms. The van der Waals surface area contributed by atoms with E-state index in [4.69, 9.17) is 0 Å². The first-order chi connectivity index (χ1) is 8.27. The van der Waals surface area contributed by atoms with Crippen molar-refractivity contribution in [2.45, 2.75) is 83.6 Å². The van der Waals surface area contributed by atoms with Crippen molar-refractivity contribution in [1.29, 1.82) is 0 Å². The van der Waals surface area contributed by atoms with Gasteiger partial charge in [0.15, 0.2) is 0 Å². The highest BCUT2D eigenvalue weighted by Crippen LogP contribution is 2.41. The van der Waals surface area contributed by atoms with Gasteiger partial charge in [-0.3, -0.25) is 0 Å². The quantitative estimate of drug-likeness (QED) is 0.761. The highest BCUT2D eigenvalue weighted by Gasteiger charge is 2.38. The fraction of sp³-hybridized carbons (Fsp3) is 1.00. The van der Waals surface area contributed by atoms with Gasteiger partial charge in [-0.2, -0.15) is 0 Å². The SMILES string of the molecule is CCCC1(C2CCC(C)CC2)CCCCCN1. The third kappa shape index (κ3) is 3.24. The zero-order chi connectivity index (χ0) is 12.1. The number of nitrogens with one attached hydrogen (secondary N) is 1. The molecule has 0 bridgehead atoms. The average Bonchev–Trinajstić information content (AvgIpc) is 2.57. The minimum Gasteiger partial charge on any atom is -0.311 e. The zero-order valence-electron chi connectivity index (χ0n) is 11.9. The van der Waals surface area contributed by atoms with Crippen LogP contribution < -0.4 is 5.32 Å². The predicted molar refractivity (Wildman–Crippen MR) is 75.2 cm³/mol. The highest BCUT2D eigenvalue weighted by molar-refractivity contribution is 4.96. The second-order valence-electron chi connectivity index (χ2n) is 6.60. The van der Waals surface area contributed by atoms with E-state index in [-0.39, 0.29) is 0 Å². The summed E-state index contributed by atoms with van der Waals surface area (Å²) in [5.41, 5.74) is 0.519. The van der Waals surface area contributed by atoms with Gasteiger partial charge in [0.05, 0.1) is 0 Å². The molecule has 2 rings (SSSR count). The van der Waals surface area contributed by atoms with Crippen molar-refractivity contribution in [3.8, 4) is 0 Å². The van der Waals surface area contributed by atoms with E-state index in [1.807, 2.05) is 0 Å². The minimum absolute atomic E-state index is 0.519. The molecule has 0 radical (unpaired) electrons. The van der Waals surface area contributed by atoms with E-state index in [0.717, 1.165) is 11.8 Å². The summed E-state index contributed by atoms with van der Waals surface area (Å²) in [6, 6.07) is 0. The van der Waals surface area contributed by atoms with E-state index in [0.29, 0.717) is 5.54 Å². The first kappa shape index (κ1) is 13.4. The predicted octanol–water partition coefficient (Wildman–Crippen LogP) is 4.52. The molecule has 0 aromatic heterocycles. The Morgan fingerprint density at radius 2 is 1.82 bits per heavy atom. The van der Waals surface area contributed by atoms with Crippen molar-refractivity contribution in [1.82, 2.24) is 5.32 Å². The fourth-order valence-electron chi connectivity index (χ4n) is 4.19. The van der Waals surface area contributed by atoms with E-state index in [1.54, 1.807) is 0 Å². The highest BCUT2D eigenvalue weighted by atomic mass is 15.0. The molecule has 2 fully saturated rings. The molecule has 1 nitrogen and oxygen atoms in total. The normalized spacial score (nSPS) is 39.9. The maximum absolute atomic E-state index is 3.98. The summed E-state index contributed by atoms with van der Waals surface area (Å²) in [4.78, 5) is 0. The van der Waals surface area contributed by atoms with Gasteiger partial charge in [0.2, 0.25) is 0 Å². The summed E-state index contributed by atoms with van der Waals surface area (Å²) in [7, 11) is 0. The van der Waals surface area contributed by atoms with Gasteiger partial charge in [-0.25, -0.2) is 0 Å². The molecule has 1 atom stereocenters. The topological polar surface area (TPSA) is 12.0 Å². The molecule has 1 heteroatoms. The third-order valence-electron chi connectivity index (χ3n) is 5.27. The van der Waals surface area contributed by atoms with Crippen LogP contribution in [0.15, 0.2) is 0 Å². The molecule has 0 aromatic rings. The Bertz CT molecular complexity index is 208. The second kappa shape index (κ2) is 6.22. The number of hydrogen-bond donors (Lipinski definition) is 1. The van der Waals surface area contributed by atoms with Crippen LogP contribution >= 0.6 is 0 Å². The first-order valence-corrected chi connectivity index (χ1v) is 8.02. The van der Waals surface area contributed by atoms with Crippen molar-refractivity contribution in [2.24, 2.45) is 11.8 Å². The second-order valence-corrected chi connectivity index (χ2v) is 6.60. The lowest BCUT2D eigenvalue weighted by Gasteiger charge is -2.44. The molecule has 1 unspecified atom stereocenters. The molecule has 1 N–H and O–H groups in total. The molecule has 1 aliphatic carbocycles. The smallest absolute Gasteiger partial charge is 0.0209 e. The standard InChI is InChI=1S/C16H31N/c1-3-11-16(12-5-4-6-13-17-16)15-9-7-14(2)8-10-15/h14-15,17H,3-13H2,1-2H3. The van der Waals surface area contributed by atoms with Crippen LogP contribution in [0.25, 0.3) is 0 Å². The van der Waals surface area contributed by atoms with E-state index >= 15 is 0 Å². The van der Waals surface area contributed by atoms with E-state index in [2.05, 4.69) is 19.2 Å². The summed E-state index contributed by atoms with van der Waals surface area (Å²) in [5.74, 6) is 1.95. The lowest BCUT2D eigenvalue weighted by Crippen LogP contribution is -2.51. The Kier molecular flexibility index (Phi) is 4.90. The molecule has 17 heavy (non-hydrogen) atoms. The van der Waals surface area contributed by atoms with Crippen LogP contribution in [-0.4, -0.2) is 12.1 Å².